The van der Waals surface area contributed by atoms with Crippen molar-refractivity contribution in [2.45, 2.75) is 44.6 Å². The topological polar surface area (TPSA) is 146 Å². The van der Waals surface area contributed by atoms with E-state index < -0.39 is 10.0 Å². The average molecular weight is 618 g/mol. The van der Waals surface area contributed by atoms with E-state index in [4.69, 9.17) is 14.5 Å². The van der Waals surface area contributed by atoms with Crippen molar-refractivity contribution in [3.63, 3.8) is 0 Å². The number of aromatic amines is 1. The van der Waals surface area contributed by atoms with Gasteiger partial charge in [0.15, 0.2) is 5.52 Å². The van der Waals surface area contributed by atoms with Crippen LogP contribution in [0.25, 0.3) is 22.4 Å². The molecule has 0 radical (unpaired) electrons. The van der Waals surface area contributed by atoms with Crippen LogP contribution in [-0.4, -0.2) is 126 Å². The van der Waals surface area contributed by atoms with Crippen LogP contribution in [0, 0.1) is 0 Å². The number of piperazine rings is 1. The third kappa shape index (κ3) is 7.10. The number of β-amino-alcohol motifs (C(OH)–C–C–N with tert-alkyl or cyclic N) is 1. The zero-order valence-electron chi connectivity index (χ0n) is 25.1. The molecule has 43 heavy (non-hydrogen) atoms. The molecule has 4 heterocycles. The number of morpholine rings is 1. The molecule has 0 saturated carbocycles. The van der Waals surface area contributed by atoms with Gasteiger partial charge in [0.2, 0.25) is 10.0 Å². The first kappa shape index (κ1) is 31.5. The molecule has 1 aromatic carbocycles. The van der Waals surface area contributed by atoms with E-state index in [1.807, 2.05) is 16.5 Å². The van der Waals surface area contributed by atoms with Gasteiger partial charge in [0.1, 0.15) is 17.1 Å². The van der Waals surface area contributed by atoms with Gasteiger partial charge in [-0.15, -0.1) is 0 Å². The third-order valence-electron chi connectivity index (χ3n) is 7.97. The Morgan fingerprint density at radius 1 is 0.977 bits per heavy atom. The molecule has 3 aromatic rings. The van der Waals surface area contributed by atoms with E-state index in [2.05, 4.69) is 21.9 Å². The number of hydrogen-bond acceptors (Lipinski definition) is 10. The van der Waals surface area contributed by atoms with E-state index in [0.29, 0.717) is 82.3 Å². The molecule has 0 bridgehead atoms. The summed E-state index contributed by atoms with van der Waals surface area (Å²) in [5.41, 5.74) is 1.72. The van der Waals surface area contributed by atoms with Crippen molar-refractivity contribution >= 4 is 21.1 Å². The molecule has 5 rings (SSSR count). The number of ether oxygens (including phenoxy) is 2. The second-order valence-corrected chi connectivity index (χ2v) is 12.9. The second-order valence-electron chi connectivity index (χ2n) is 11.0. The van der Waals surface area contributed by atoms with E-state index in [1.165, 1.54) is 4.31 Å². The number of sulfonamides is 1. The molecule has 0 aliphatic carbocycles. The van der Waals surface area contributed by atoms with Crippen LogP contribution in [0.1, 0.15) is 32.4 Å². The molecule has 2 fully saturated rings. The predicted molar refractivity (Wildman–Crippen MR) is 163 cm³/mol. The number of aliphatic hydroxyl groups is 1. The van der Waals surface area contributed by atoms with E-state index in [9.17, 15) is 18.3 Å². The fourth-order valence-electron chi connectivity index (χ4n) is 5.60. The first-order valence-electron chi connectivity index (χ1n) is 15.3. The van der Waals surface area contributed by atoms with Crippen LogP contribution in [0.4, 0.5) is 0 Å². The molecule has 2 saturated heterocycles. The smallest absolute Gasteiger partial charge is 0.279 e. The van der Waals surface area contributed by atoms with Crippen LogP contribution in [0.5, 0.6) is 5.75 Å². The standard InChI is InChI=1S/C29H43N7O6S/c1-3-5-24-26-27(32-36(24)13-10-34-15-19-41-20-16-34)29(38)31-28(30-26)23-21-22(6-7-25(23)42-18-4-2)43(39,40)35-11-8-33(9-12-35)14-17-37/h6-7,21,37H,3-5,8-20H2,1-2H3,(H,30,31,38). The van der Waals surface area contributed by atoms with Crippen molar-refractivity contribution in [3.8, 4) is 17.1 Å². The molecular formula is C29H43N7O6S. The summed E-state index contributed by atoms with van der Waals surface area (Å²) >= 11 is 0. The Morgan fingerprint density at radius 3 is 2.42 bits per heavy atom. The summed E-state index contributed by atoms with van der Waals surface area (Å²) in [6.45, 7) is 11.4. The third-order valence-corrected chi connectivity index (χ3v) is 9.87. The van der Waals surface area contributed by atoms with Gasteiger partial charge in [-0.2, -0.15) is 9.40 Å². The van der Waals surface area contributed by atoms with Crippen LogP contribution in [-0.2, 0) is 27.7 Å². The average Bonchev–Trinajstić information content (AvgIpc) is 3.37. The summed E-state index contributed by atoms with van der Waals surface area (Å²) in [6.07, 6.45) is 2.31. The highest BCUT2D eigenvalue weighted by molar-refractivity contribution is 7.89. The number of H-pyrrole nitrogens is 1. The minimum atomic E-state index is -3.81. The van der Waals surface area contributed by atoms with Crippen LogP contribution in [0.2, 0.25) is 0 Å². The number of aryl methyl sites for hydroxylation is 1. The lowest BCUT2D eigenvalue weighted by Gasteiger charge is -2.33. The lowest BCUT2D eigenvalue weighted by molar-refractivity contribution is 0.0359. The number of nitrogens with zero attached hydrogens (tertiary/aromatic N) is 6. The minimum Gasteiger partial charge on any atom is -0.493 e. The lowest BCUT2D eigenvalue weighted by atomic mass is 10.1. The Hall–Kier alpha value is -2.88. The van der Waals surface area contributed by atoms with Crippen LogP contribution >= 0.6 is 0 Å². The van der Waals surface area contributed by atoms with Crippen molar-refractivity contribution in [2.75, 3.05) is 78.8 Å². The van der Waals surface area contributed by atoms with Crippen molar-refractivity contribution in [2.24, 2.45) is 0 Å². The molecule has 2 aliphatic rings. The van der Waals surface area contributed by atoms with E-state index in [0.717, 1.165) is 38.2 Å². The Kier molecular flexibility index (Phi) is 10.5. The van der Waals surface area contributed by atoms with Gasteiger partial charge in [-0.25, -0.2) is 13.4 Å². The molecule has 0 amide bonds. The summed E-state index contributed by atoms with van der Waals surface area (Å²) in [7, 11) is -3.81. The Balaban J connectivity index is 1.51. The van der Waals surface area contributed by atoms with Gasteiger partial charge >= 0.3 is 0 Å². The fourth-order valence-corrected chi connectivity index (χ4v) is 7.05. The molecule has 2 aromatic heterocycles. The molecular weight excluding hydrogens is 574 g/mol. The van der Waals surface area contributed by atoms with Gasteiger partial charge < -0.3 is 19.6 Å². The Bertz CT molecular complexity index is 1540. The number of nitrogens with one attached hydrogen (secondary N) is 1. The molecule has 0 atom stereocenters. The van der Waals surface area contributed by atoms with Gasteiger partial charge in [0, 0.05) is 52.4 Å². The molecule has 0 spiro atoms. The number of benzene rings is 1. The van der Waals surface area contributed by atoms with E-state index >= 15 is 0 Å². The molecule has 13 nitrogen and oxygen atoms in total. The Labute approximate surface area is 252 Å². The van der Waals surface area contributed by atoms with Crippen LogP contribution in [0.3, 0.4) is 0 Å². The van der Waals surface area contributed by atoms with Gasteiger partial charge in [0.25, 0.3) is 5.56 Å². The maximum absolute atomic E-state index is 13.7. The number of fused-ring (bicyclic) bond motifs is 1. The van der Waals surface area contributed by atoms with Crippen molar-refractivity contribution in [3.05, 3.63) is 34.2 Å². The predicted octanol–water partition coefficient (Wildman–Crippen LogP) is 1.16. The summed E-state index contributed by atoms with van der Waals surface area (Å²) in [5.74, 6) is 0.700. The number of hydrogen-bond donors (Lipinski definition) is 2. The number of aromatic nitrogens is 4. The Morgan fingerprint density at radius 2 is 1.72 bits per heavy atom. The summed E-state index contributed by atoms with van der Waals surface area (Å²) < 4.78 is 42.2. The highest BCUT2D eigenvalue weighted by Crippen LogP contribution is 2.32. The van der Waals surface area contributed by atoms with Gasteiger partial charge in [-0.05, 0) is 31.0 Å². The zero-order chi connectivity index (χ0) is 30.4. The summed E-state index contributed by atoms with van der Waals surface area (Å²) in [6, 6.07) is 4.74. The zero-order valence-corrected chi connectivity index (χ0v) is 25.9. The maximum atomic E-state index is 13.7. The molecule has 236 valence electrons. The molecule has 2 aliphatic heterocycles. The first-order valence-corrected chi connectivity index (χ1v) is 16.7. The minimum absolute atomic E-state index is 0.0393. The highest BCUT2D eigenvalue weighted by Gasteiger charge is 2.30. The fraction of sp³-hybridized carbons (Fsp3) is 0.621. The lowest BCUT2D eigenvalue weighted by Crippen LogP contribution is -2.49. The van der Waals surface area contributed by atoms with Crippen molar-refractivity contribution in [1.29, 1.82) is 0 Å². The largest absolute Gasteiger partial charge is 0.493 e. The van der Waals surface area contributed by atoms with Crippen LogP contribution < -0.4 is 10.3 Å². The quantitative estimate of drug-likeness (QED) is 0.287. The van der Waals surface area contributed by atoms with Crippen molar-refractivity contribution in [1.82, 2.24) is 33.9 Å². The number of aliphatic hydroxyl groups excluding tert-OH is 1. The highest BCUT2D eigenvalue weighted by atomic mass is 32.2. The van der Waals surface area contributed by atoms with Gasteiger partial charge in [0.05, 0.1) is 49.1 Å². The second kappa shape index (κ2) is 14.3. The first-order chi connectivity index (χ1) is 20.8. The summed E-state index contributed by atoms with van der Waals surface area (Å²) in [5, 5.41) is 13.9. The van der Waals surface area contributed by atoms with Crippen LogP contribution in [0.15, 0.2) is 27.9 Å². The van der Waals surface area contributed by atoms with E-state index in [-0.39, 0.29) is 28.4 Å². The molecule has 14 heteroatoms. The molecule has 2 N–H and O–H groups in total. The normalized spacial score (nSPS) is 17.6. The molecule has 0 unspecified atom stereocenters. The van der Waals surface area contributed by atoms with Gasteiger partial charge in [-0.1, -0.05) is 20.3 Å². The monoisotopic (exact) mass is 617 g/mol. The SMILES string of the molecule is CCCOc1ccc(S(=O)(=O)N2CCN(CCO)CC2)cc1-c1nc2c(CCC)n(CCN3CCOCC3)nc2c(=O)[nH]1. The summed E-state index contributed by atoms with van der Waals surface area (Å²) in [4.78, 5) is 25.6. The van der Waals surface area contributed by atoms with Gasteiger partial charge in [-0.3, -0.25) is 19.3 Å². The maximum Gasteiger partial charge on any atom is 0.279 e. The van der Waals surface area contributed by atoms with E-state index in [1.54, 1.807) is 18.2 Å². The number of rotatable bonds is 13. The van der Waals surface area contributed by atoms with Crippen molar-refractivity contribution < 1.29 is 23.0 Å².